The largest absolute Gasteiger partial charge is 0.326 e. The number of nitrogens with one attached hydrogen (secondary N) is 1. The van der Waals surface area contributed by atoms with Crippen LogP contribution in [0.25, 0.3) is 0 Å². The van der Waals surface area contributed by atoms with E-state index < -0.39 is 10.0 Å². The Morgan fingerprint density at radius 2 is 1.61 bits per heavy atom. The number of hydrogen-bond donors (Lipinski definition) is 1. The Morgan fingerprint density at radius 3 is 2.16 bits per heavy atom. The zero-order valence-corrected chi connectivity index (χ0v) is 19.5. The molecule has 0 unspecified atom stereocenters. The highest BCUT2D eigenvalue weighted by Crippen LogP contribution is 2.21. The number of nitrogens with zero attached hydrogens (tertiary/aromatic N) is 4. The van der Waals surface area contributed by atoms with Gasteiger partial charge in [0.1, 0.15) is 0 Å². The molecule has 0 aromatic heterocycles. The van der Waals surface area contributed by atoms with Crippen molar-refractivity contribution in [1.82, 2.24) is 9.21 Å². The van der Waals surface area contributed by atoms with Crippen LogP contribution in [-0.2, 0) is 14.8 Å². The third-order valence-electron chi connectivity index (χ3n) is 5.94. The number of benzene rings is 1. The second kappa shape index (κ2) is 10.5. The molecule has 2 aliphatic rings. The van der Waals surface area contributed by atoms with E-state index in [0.29, 0.717) is 24.7 Å². The van der Waals surface area contributed by atoms with Gasteiger partial charge in [0.2, 0.25) is 15.9 Å². The molecule has 3 rings (SSSR count). The molecule has 9 heteroatoms. The number of piperazine rings is 1. The Kier molecular flexibility index (Phi) is 7.96. The van der Waals surface area contributed by atoms with Gasteiger partial charge in [0.25, 0.3) is 0 Å². The van der Waals surface area contributed by atoms with E-state index in [-0.39, 0.29) is 10.8 Å². The number of amides is 1. The summed E-state index contributed by atoms with van der Waals surface area (Å²) in [6, 6.07) is 6.34. The van der Waals surface area contributed by atoms with E-state index in [1.165, 1.54) is 18.3 Å². The van der Waals surface area contributed by atoms with Crippen LogP contribution >= 0.6 is 0 Å². The first-order valence-electron chi connectivity index (χ1n) is 10.9. The number of anilines is 1. The minimum Gasteiger partial charge on any atom is -0.326 e. The zero-order chi connectivity index (χ0) is 22.4. The fourth-order valence-corrected chi connectivity index (χ4v) is 5.59. The van der Waals surface area contributed by atoms with Gasteiger partial charge in [0.15, 0.2) is 0 Å². The fourth-order valence-electron chi connectivity index (χ4n) is 4.17. The summed E-state index contributed by atoms with van der Waals surface area (Å²) >= 11 is 0. The first-order valence-corrected chi connectivity index (χ1v) is 12.3. The van der Waals surface area contributed by atoms with Crippen molar-refractivity contribution < 1.29 is 13.2 Å². The quantitative estimate of drug-likeness (QED) is 0.694. The van der Waals surface area contributed by atoms with Gasteiger partial charge in [0.05, 0.1) is 18.0 Å². The van der Waals surface area contributed by atoms with Crippen LogP contribution in [0.5, 0.6) is 0 Å². The summed E-state index contributed by atoms with van der Waals surface area (Å²) in [5, 5.41) is 2.65. The van der Waals surface area contributed by atoms with Gasteiger partial charge in [-0.15, -0.1) is 0 Å². The van der Waals surface area contributed by atoms with Gasteiger partial charge in [-0.3, -0.25) is 14.8 Å². The maximum absolute atomic E-state index is 12.9. The minimum atomic E-state index is -3.52. The van der Waals surface area contributed by atoms with E-state index in [9.17, 15) is 13.2 Å². The van der Waals surface area contributed by atoms with Crippen molar-refractivity contribution in [2.45, 2.75) is 38.5 Å². The van der Waals surface area contributed by atoms with E-state index in [0.717, 1.165) is 45.6 Å². The second-order valence-corrected chi connectivity index (χ2v) is 10.1. The van der Waals surface area contributed by atoms with Gasteiger partial charge in [-0.1, -0.05) is 0 Å². The molecule has 1 aromatic rings. The fraction of sp³-hybridized carbons (Fsp3) is 0.591. The number of rotatable bonds is 7. The molecule has 8 nitrogen and oxygen atoms in total. The highest BCUT2D eigenvalue weighted by atomic mass is 32.2. The summed E-state index contributed by atoms with van der Waals surface area (Å²) in [5.74, 6) is 0.153. The molecule has 31 heavy (non-hydrogen) atoms. The van der Waals surface area contributed by atoms with Gasteiger partial charge in [-0.25, -0.2) is 8.42 Å². The topological polar surface area (TPSA) is 94.4 Å². The summed E-state index contributed by atoms with van der Waals surface area (Å²) in [6.45, 7) is 10.6. The lowest BCUT2D eigenvalue weighted by atomic mass is 9.93. The minimum absolute atomic E-state index is 0.185. The van der Waals surface area contributed by atoms with Crippen molar-refractivity contribution in [3.63, 3.8) is 0 Å². The number of hydrogen-bond acceptors (Lipinski definition) is 6. The molecule has 1 aromatic carbocycles. The van der Waals surface area contributed by atoms with Crippen molar-refractivity contribution in [3.05, 3.63) is 24.3 Å². The smallest absolute Gasteiger partial charge is 0.243 e. The number of aliphatic imine (C=N–C) groups is 2. The summed E-state index contributed by atoms with van der Waals surface area (Å²) in [5.41, 5.74) is 2.95. The lowest BCUT2D eigenvalue weighted by Crippen LogP contribution is -2.48. The van der Waals surface area contributed by atoms with Crippen molar-refractivity contribution >= 4 is 33.0 Å². The molecule has 0 spiro atoms. The van der Waals surface area contributed by atoms with Crippen molar-refractivity contribution in [2.24, 2.45) is 15.9 Å². The molecule has 2 heterocycles. The maximum Gasteiger partial charge on any atom is 0.243 e. The summed E-state index contributed by atoms with van der Waals surface area (Å²) in [7, 11) is -3.52. The second-order valence-electron chi connectivity index (χ2n) is 8.19. The van der Waals surface area contributed by atoms with E-state index in [2.05, 4.69) is 34.0 Å². The Balaban J connectivity index is 1.49. The van der Waals surface area contributed by atoms with Crippen LogP contribution in [-0.4, -0.2) is 80.8 Å². The van der Waals surface area contributed by atoms with E-state index in [1.54, 1.807) is 28.6 Å². The van der Waals surface area contributed by atoms with Gasteiger partial charge in [-0.05, 0) is 57.5 Å². The number of carbonyl (C=O) groups is 1. The van der Waals surface area contributed by atoms with Crippen molar-refractivity contribution in [3.8, 4) is 0 Å². The number of sulfonamides is 1. The Labute approximate surface area is 185 Å². The van der Waals surface area contributed by atoms with E-state index in [4.69, 9.17) is 0 Å². The Morgan fingerprint density at radius 1 is 1.03 bits per heavy atom. The van der Waals surface area contributed by atoms with Gasteiger partial charge >= 0.3 is 0 Å². The van der Waals surface area contributed by atoms with Gasteiger partial charge in [0, 0.05) is 56.1 Å². The lowest BCUT2D eigenvalue weighted by Gasteiger charge is -2.34. The molecule has 0 radical (unpaired) electrons. The first-order chi connectivity index (χ1) is 14.8. The summed E-state index contributed by atoms with van der Waals surface area (Å²) < 4.78 is 27.4. The predicted octanol–water partition coefficient (Wildman–Crippen LogP) is 2.28. The molecule has 0 aliphatic carbocycles. The molecule has 0 bridgehead atoms. The third-order valence-corrected chi connectivity index (χ3v) is 7.85. The zero-order valence-electron chi connectivity index (χ0n) is 18.7. The molecule has 1 N–H and O–H groups in total. The molecular weight excluding hydrogens is 414 g/mol. The van der Waals surface area contributed by atoms with Crippen LogP contribution in [0.1, 0.15) is 33.6 Å². The SMILES string of the molecule is CC(=O)Nc1ccc(S(=O)(=O)N2CCN(CCCC3C(C)=NCCN=C3C)CC2)cc1. The standard InChI is InChI=1S/C22H33N5O3S/c1-17-22(18(2)24-11-10-23-17)5-4-12-26-13-15-27(16-14-26)31(29,30)21-8-6-20(7-9-21)25-19(3)28/h6-9,22H,4-5,10-16H2,1-3H3,(H,25,28). The Bertz CT molecular complexity index is 912. The van der Waals surface area contributed by atoms with Crippen LogP contribution in [0, 0.1) is 5.92 Å². The molecule has 0 atom stereocenters. The maximum atomic E-state index is 12.9. The summed E-state index contributed by atoms with van der Waals surface area (Å²) in [6.07, 6.45) is 2.07. The summed E-state index contributed by atoms with van der Waals surface area (Å²) in [4.78, 5) is 22.9. The van der Waals surface area contributed by atoms with Crippen molar-refractivity contribution in [2.75, 3.05) is 51.1 Å². The van der Waals surface area contributed by atoms with Crippen LogP contribution in [0.15, 0.2) is 39.1 Å². The van der Waals surface area contributed by atoms with Crippen LogP contribution in [0.3, 0.4) is 0 Å². The van der Waals surface area contributed by atoms with Crippen LogP contribution < -0.4 is 5.32 Å². The molecule has 1 fully saturated rings. The molecular formula is C22H33N5O3S. The Hall–Kier alpha value is -2.10. The monoisotopic (exact) mass is 447 g/mol. The molecule has 170 valence electrons. The predicted molar refractivity (Wildman–Crippen MR) is 125 cm³/mol. The molecule has 1 amide bonds. The molecule has 1 saturated heterocycles. The van der Waals surface area contributed by atoms with Gasteiger partial charge < -0.3 is 10.2 Å². The van der Waals surface area contributed by atoms with E-state index in [1.807, 2.05) is 0 Å². The van der Waals surface area contributed by atoms with Gasteiger partial charge in [-0.2, -0.15) is 4.31 Å². The normalized spacial score (nSPS) is 19.5. The van der Waals surface area contributed by atoms with Crippen LogP contribution in [0.2, 0.25) is 0 Å². The number of carbonyl (C=O) groups excluding carboxylic acids is 1. The third kappa shape index (κ3) is 6.21. The lowest BCUT2D eigenvalue weighted by molar-refractivity contribution is -0.114. The average molecular weight is 448 g/mol. The highest BCUT2D eigenvalue weighted by molar-refractivity contribution is 7.89. The molecule has 0 saturated carbocycles. The average Bonchev–Trinajstić information content (AvgIpc) is 2.89. The molecule has 2 aliphatic heterocycles. The van der Waals surface area contributed by atoms with Crippen molar-refractivity contribution in [1.29, 1.82) is 0 Å². The highest BCUT2D eigenvalue weighted by Gasteiger charge is 2.28. The van der Waals surface area contributed by atoms with Crippen LogP contribution in [0.4, 0.5) is 5.69 Å². The van der Waals surface area contributed by atoms with E-state index >= 15 is 0 Å². The first kappa shape index (κ1) is 23.6.